The van der Waals surface area contributed by atoms with Crippen molar-refractivity contribution in [1.82, 2.24) is 4.31 Å². The number of sulfonamides is 1. The second-order valence-corrected chi connectivity index (χ2v) is 6.63. The van der Waals surface area contributed by atoms with E-state index < -0.39 is 10.0 Å². The molecule has 5 heteroatoms. The van der Waals surface area contributed by atoms with Crippen molar-refractivity contribution in [3.05, 3.63) is 60.2 Å². The lowest BCUT2D eigenvalue weighted by molar-refractivity contribution is 0.423. The Balaban J connectivity index is 2.26. The molecule has 21 heavy (non-hydrogen) atoms. The fourth-order valence-corrected chi connectivity index (χ4v) is 3.53. The maximum absolute atomic E-state index is 12.7. The highest BCUT2D eigenvalue weighted by Crippen LogP contribution is 2.20. The summed E-state index contributed by atoms with van der Waals surface area (Å²) in [5.74, 6) is 0. The van der Waals surface area contributed by atoms with Gasteiger partial charge in [-0.3, -0.25) is 0 Å². The SMILES string of the molecule is CCN(Cc1ccccc1)S(=O)(=O)c1ccc(NC)cc1. The molecule has 0 aliphatic heterocycles. The van der Waals surface area contributed by atoms with Crippen LogP contribution in [-0.4, -0.2) is 26.3 Å². The average Bonchev–Trinajstić information content (AvgIpc) is 2.53. The molecule has 0 aliphatic carbocycles. The molecule has 0 spiro atoms. The number of nitrogens with one attached hydrogen (secondary N) is 1. The maximum atomic E-state index is 12.7. The van der Waals surface area contributed by atoms with Crippen LogP contribution in [0.2, 0.25) is 0 Å². The Morgan fingerprint density at radius 1 is 1.00 bits per heavy atom. The van der Waals surface area contributed by atoms with Crippen molar-refractivity contribution in [3.63, 3.8) is 0 Å². The largest absolute Gasteiger partial charge is 0.388 e. The minimum absolute atomic E-state index is 0.319. The highest BCUT2D eigenvalue weighted by Gasteiger charge is 2.22. The number of hydrogen-bond acceptors (Lipinski definition) is 3. The number of benzene rings is 2. The Hall–Kier alpha value is -1.85. The van der Waals surface area contributed by atoms with Crippen molar-refractivity contribution in [2.45, 2.75) is 18.4 Å². The summed E-state index contributed by atoms with van der Waals surface area (Å²) in [5, 5.41) is 2.98. The van der Waals surface area contributed by atoms with Crippen molar-refractivity contribution in [2.24, 2.45) is 0 Å². The van der Waals surface area contributed by atoms with Crippen LogP contribution in [0.5, 0.6) is 0 Å². The third kappa shape index (κ3) is 3.62. The molecule has 0 bridgehead atoms. The molecular weight excluding hydrogens is 284 g/mol. The predicted molar refractivity (Wildman–Crippen MR) is 85.7 cm³/mol. The van der Waals surface area contributed by atoms with Crippen LogP contribution in [0.4, 0.5) is 5.69 Å². The van der Waals surface area contributed by atoms with Gasteiger partial charge in [0.25, 0.3) is 0 Å². The molecule has 0 radical (unpaired) electrons. The Morgan fingerprint density at radius 2 is 1.62 bits per heavy atom. The molecule has 0 aromatic heterocycles. The highest BCUT2D eigenvalue weighted by atomic mass is 32.2. The van der Waals surface area contributed by atoms with Gasteiger partial charge in [-0.15, -0.1) is 0 Å². The number of rotatable bonds is 6. The lowest BCUT2D eigenvalue weighted by Gasteiger charge is -2.20. The molecule has 0 heterocycles. The molecule has 0 amide bonds. The van der Waals surface area contributed by atoms with Crippen molar-refractivity contribution in [2.75, 3.05) is 18.9 Å². The third-order valence-electron chi connectivity index (χ3n) is 3.34. The summed E-state index contributed by atoms with van der Waals surface area (Å²) in [6.45, 7) is 2.67. The van der Waals surface area contributed by atoms with Gasteiger partial charge in [-0.25, -0.2) is 8.42 Å². The Kier molecular flexibility index (Phi) is 4.98. The van der Waals surface area contributed by atoms with E-state index in [2.05, 4.69) is 5.32 Å². The number of hydrogen-bond donors (Lipinski definition) is 1. The number of nitrogens with zero attached hydrogens (tertiary/aromatic N) is 1. The molecule has 0 fully saturated rings. The molecule has 0 atom stereocenters. The first kappa shape index (κ1) is 15.5. The summed E-state index contributed by atoms with van der Waals surface area (Å²) < 4.78 is 26.8. The Morgan fingerprint density at radius 3 is 2.14 bits per heavy atom. The van der Waals surface area contributed by atoms with E-state index in [1.807, 2.05) is 37.3 Å². The van der Waals surface area contributed by atoms with E-state index in [9.17, 15) is 8.42 Å². The van der Waals surface area contributed by atoms with E-state index >= 15 is 0 Å². The van der Waals surface area contributed by atoms with Crippen molar-refractivity contribution in [3.8, 4) is 0 Å². The van der Waals surface area contributed by atoms with Crippen molar-refractivity contribution < 1.29 is 8.42 Å². The first-order chi connectivity index (χ1) is 10.1. The molecular formula is C16H20N2O2S. The first-order valence-corrected chi connectivity index (χ1v) is 8.34. The van der Waals surface area contributed by atoms with Gasteiger partial charge in [0.15, 0.2) is 0 Å². The molecule has 2 aromatic rings. The van der Waals surface area contributed by atoms with E-state index in [0.29, 0.717) is 18.0 Å². The third-order valence-corrected chi connectivity index (χ3v) is 5.27. The van der Waals surface area contributed by atoms with Gasteiger partial charge in [0.1, 0.15) is 0 Å². The smallest absolute Gasteiger partial charge is 0.243 e. The van der Waals surface area contributed by atoms with Gasteiger partial charge in [0.05, 0.1) is 4.90 Å². The van der Waals surface area contributed by atoms with E-state index in [0.717, 1.165) is 11.3 Å². The topological polar surface area (TPSA) is 49.4 Å². The molecule has 112 valence electrons. The molecule has 0 aliphatic rings. The maximum Gasteiger partial charge on any atom is 0.243 e. The lowest BCUT2D eigenvalue weighted by atomic mass is 10.2. The van der Waals surface area contributed by atoms with Gasteiger partial charge in [0, 0.05) is 25.8 Å². The van der Waals surface area contributed by atoms with Crippen LogP contribution in [-0.2, 0) is 16.6 Å². The fourth-order valence-electron chi connectivity index (χ4n) is 2.10. The van der Waals surface area contributed by atoms with Crippen LogP contribution >= 0.6 is 0 Å². The zero-order valence-corrected chi connectivity index (χ0v) is 13.1. The standard InChI is InChI=1S/C16H20N2O2S/c1-3-18(13-14-7-5-4-6-8-14)21(19,20)16-11-9-15(17-2)10-12-16/h4-12,17H,3,13H2,1-2H3. The average molecular weight is 304 g/mol. The van der Waals surface area contributed by atoms with Crippen LogP contribution in [0.1, 0.15) is 12.5 Å². The summed E-state index contributed by atoms with van der Waals surface area (Å²) in [4.78, 5) is 0.319. The van der Waals surface area contributed by atoms with Crippen LogP contribution in [0, 0.1) is 0 Å². The molecule has 1 N–H and O–H groups in total. The second-order valence-electron chi connectivity index (χ2n) is 4.69. The fraction of sp³-hybridized carbons (Fsp3) is 0.250. The highest BCUT2D eigenvalue weighted by molar-refractivity contribution is 7.89. The lowest BCUT2D eigenvalue weighted by Crippen LogP contribution is -2.30. The molecule has 4 nitrogen and oxygen atoms in total. The van der Waals surface area contributed by atoms with Crippen LogP contribution in [0.15, 0.2) is 59.5 Å². The zero-order chi connectivity index (χ0) is 15.3. The van der Waals surface area contributed by atoms with Crippen molar-refractivity contribution >= 4 is 15.7 Å². The molecule has 2 aromatic carbocycles. The Labute approximate surface area is 126 Å². The van der Waals surface area contributed by atoms with Crippen LogP contribution in [0.25, 0.3) is 0 Å². The molecule has 0 unspecified atom stereocenters. The van der Waals surface area contributed by atoms with Gasteiger partial charge in [-0.05, 0) is 29.8 Å². The van der Waals surface area contributed by atoms with Gasteiger partial charge in [-0.1, -0.05) is 37.3 Å². The summed E-state index contributed by atoms with van der Waals surface area (Å²) in [7, 11) is -1.67. The molecule has 0 saturated carbocycles. The van der Waals surface area contributed by atoms with E-state index in [4.69, 9.17) is 0 Å². The quantitative estimate of drug-likeness (QED) is 0.892. The summed E-state index contributed by atoms with van der Waals surface area (Å²) in [6, 6.07) is 16.4. The Bertz CT molecular complexity index is 667. The van der Waals surface area contributed by atoms with E-state index in [-0.39, 0.29) is 0 Å². The van der Waals surface area contributed by atoms with Crippen LogP contribution < -0.4 is 5.32 Å². The van der Waals surface area contributed by atoms with Crippen LogP contribution in [0.3, 0.4) is 0 Å². The number of anilines is 1. The monoisotopic (exact) mass is 304 g/mol. The zero-order valence-electron chi connectivity index (χ0n) is 12.3. The molecule has 2 rings (SSSR count). The van der Waals surface area contributed by atoms with Gasteiger partial charge in [-0.2, -0.15) is 4.31 Å². The van der Waals surface area contributed by atoms with Gasteiger partial charge in [0.2, 0.25) is 10.0 Å². The summed E-state index contributed by atoms with van der Waals surface area (Å²) in [6.07, 6.45) is 0. The van der Waals surface area contributed by atoms with E-state index in [1.165, 1.54) is 4.31 Å². The van der Waals surface area contributed by atoms with E-state index in [1.54, 1.807) is 31.3 Å². The minimum Gasteiger partial charge on any atom is -0.388 e. The first-order valence-electron chi connectivity index (χ1n) is 6.90. The van der Waals surface area contributed by atoms with Crippen molar-refractivity contribution in [1.29, 1.82) is 0 Å². The normalized spacial score (nSPS) is 11.6. The predicted octanol–water partition coefficient (Wildman–Crippen LogP) is 2.94. The molecule has 0 saturated heterocycles. The van der Waals surface area contributed by atoms with Gasteiger partial charge >= 0.3 is 0 Å². The summed E-state index contributed by atoms with van der Waals surface area (Å²) >= 11 is 0. The summed E-state index contributed by atoms with van der Waals surface area (Å²) in [5.41, 5.74) is 1.87. The minimum atomic E-state index is -3.47. The second kappa shape index (κ2) is 6.74. The van der Waals surface area contributed by atoms with Gasteiger partial charge < -0.3 is 5.32 Å².